The number of nitrogens with one attached hydrogen (secondary N) is 1. The van der Waals surface area contributed by atoms with Crippen LogP contribution in [0.5, 0.6) is 0 Å². The highest BCUT2D eigenvalue weighted by Gasteiger charge is 2.31. The third-order valence-corrected chi connectivity index (χ3v) is 8.42. The maximum absolute atomic E-state index is 13.7. The van der Waals surface area contributed by atoms with E-state index in [4.69, 9.17) is 9.51 Å². The summed E-state index contributed by atoms with van der Waals surface area (Å²) in [5, 5.41) is 5.06. The average molecular weight is 590 g/mol. The van der Waals surface area contributed by atoms with Crippen molar-refractivity contribution in [2.45, 2.75) is 57.7 Å². The molecule has 0 radical (unpaired) electrons. The molecule has 0 aliphatic heterocycles. The fourth-order valence-electron chi connectivity index (χ4n) is 5.15. The van der Waals surface area contributed by atoms with Gasteiger partial charge in [0, 0.05) is 23.6 Å². The Morgan fingerprint density at radius 2 is 1.76 bits per heavy atom. The van der Waals surface area contributed by atoms with Gasteiger partial charge >= 0.3 is 6.18 Å². The second-order valence-corrected chi connectivity index (χ2v) is 11.2. The highest BCUT2D eigenvalue weighted by molar-refractivity contribution is 8.00. The van der Waals surface area contributed by atoms with Crippen molar-refractivity contribution in [2.75, 3.05) is 4.72 Å². The van der Waals surface area contributed by atoms with Gasteiger partial charge in [-0.25, -0.2) is 4.98 Å². The summed E-state index contributed by atoms with van der Waals surface area (Å²) in [6.07, 6.45) is 0.208. The lowest BCUT2D eigenvalue weighted by Gasteiger charge is -2.12. The van der Waals surface area contributed by atoms with Crippen molar-refractivity contribution in [2.24, 2.45) is 0 Å². The van der Waals surface area contributed by atoms with Crippen LogP contribution < -0.4 is 4.72 Å². The number of aromatic nitrogens is 4. The normalized spacial score (nSPS) is 12.0. The van der Waals surface area contributed by atoms with Crippen molar-refractivity contribution in [3.05, 3.63) is 101 Å². The minimum Gasteiger partial charge on any atom is -0.337 e. The molecule has 42 heavy (non-hydrogen) atoms. The van der Waals surface area contributed by atoms with Crippen molar-refractivity contribution in [3.8, 4) is 5.69 Å². The molecule has 10 heteroatoms. The number of aryl methyl sites for hydroxylation is 2. The van der Waals surface area contributed by atoms with Crippen LogP contribution in [0.15, 0.2) is 82.3 Å². The summed E-state index contributed by atoms with van der Waals surface area (Å²) >= 11 is 1.44. The van der Waals surface area contributed by atoms with Gasteiger partial charge in [-0.05, 0) is 74.2 Å². The van der Waals surface area contributed by atoms with E-state index < -0.39 is 11.7 Å². The quantitative estimate of drug-likeness (QED) is 0.171. The predicted molar refractivity (Wildman–Crippen MR) is 161 cm³/mol. The average Bonchev–Trinajstić information content (AvgIpc) is 3.63. The Kier molecular flexibility index (Phi) is 7.49. The molecular weight excluding hydrogens is 559 g/mol. The van der Waals surface area contributed by atoms with Gasteiger partial charge in [-0.3, -0.25) is 4.72 Å². The first-order valence-corrected chi connectivity index (χ1v) is 14.7. The highest BCUT2D eigenvalue weighted by Crippen LogP contribution is 2.35. The van der Waals surface area contributed by atoms with Crippen LogP contribution in [0.4, 0.5) is 19.1 Å². The van der Waals surface area contributed by atoms with Crippen LogP contribution in [0.1, 0.15) is 48.0 Å². The number of benzene rings is 3. The molecule has 6 rings (SSSR count). The molecule has 0 spiro atoms. The number of anilines is 1. The Balaban J connectivity index is 1.43. The number of hydrogen-bond acceptors (Lipinski definition) is 5. The number of rotatable bonds is 9. The molecule has 3 heterocycles. The van der Waals surface area contributed by atoms with Crippen LogP contribution >= 0.6 is 11.9 Å². The van der Waals surface area contributed by atoms with Crippen molar-refractivity contribution in [1.82, 2.24) is 19.3 Å². The van der Waals surface area contributed by atoms with Crippen molar-refractivity contribution < 1.29 is 17.7 Å². The van der Waals surface area contributed by atoms with Crippen molar-refractivity contribution in [3.63, 3.8) is 0 Å². The molecule has 0 aliphatic carbocycles. The van der Waals surface area contributed by atoms with E-state index in [0.717, 1.165) is 63.0 Å². The van der Waals surface area contributed by atoms with Gasteiger partial charge in [0.15, 0.2) is 0 Å². The van der Waals surface area contributed by atoms with Gasteiger partial charge in [-0.2, -0.15) is 13.2 Å². The lowest BCUT2D eigenvalue weighted by Crippen LogP contribution is -2.07. The molecule has 0 unspecified atom stereocenters. The SMILES string of the molecule is CCCCc1nc2ccc(C(F)(F)F)cc2n1Cc1cn(-c2ccccc2SNc2onc(C)c2C)c2ccccc12. The van der Waals surface area contributed by atoms with E-state index in [9.17, 15) is 13.2 Å². The van der Waals surface area contributed by atoms with Crippen LogP contribution in [0, 0.1) is 13.8 Å². The molecule has 3 aromatic heterocycles. The Hall–Kier alpha value is -4.18. The van der Waals surface area contributed by atoms with Crippen LogP contribution in [-0.2, 0) is 19.1 Å². The van der Waals surface area contributed by atoms with Gasteiger partial charge in [-0.15, -0.1) is 0 Å². The van der Waals surface area contributed by atoms with E-state index in [2.05, 4.69) is 39.7 Å². The van der Waals surface area contributed by atoms with Gasteiger partial charge in [0.2, 0.25) is 5.88 Å². The summed E-state index contributed by atoms with van der Waals surface area (Å²) in [4.78, 5) is 5.73. The van der Waals surface area contributed by atoms with Gasteiger partial charge in [0.05, 0.1) is 44.9 Å². The van der Waals surface area contributed by atoms with E-state index >= 15 is 0 Å². The molecule has 1 N–H and O–H groups in total. The van der Waals surface area contributed by atoms with Crippen LogP contribution in [0.3, 0.4) is 0 Å². The molecule has 0 aliphatic rings. The molecule has 0 saturated heterocycles. The standard InChI is InChI=1S/C32H30F3N5OS/c1-4-5-14-30-36-25-16-15-23(32(33,34)35)17-28(25)40(30)19-22-18-39(26-11-7-6-10-24(22)26)27-12-8-9-13-29(27)42-38-31-20(2)21(3)37-41-31/h6-13,15-18,38H,4-5,14,19H2,1-3H3. The molecule has 0 atom stereocenters. The largest absolute Gasteiger partial charge is 0.416 e. The summed E-state index contributed by atoms with van der Waals surface area (Å²) in [6.45, 7) is 6.35. The summed E-state index contributed by atoms with van der Waals surface area (Å²) in [7, 11) is 0. The number of fused-ring (bicyclic) bond motifs is 2. The first-order chi connectivity index (χ1) is 20.2. The van der Waals surface area contributed by atoms with E-state index in [-0.39, 0.29) is 0 Å². The smallest absolute Gasteiger partial charge is 0.337 e. The predicted octanol–water partition coefficient (Wildman–Crippen LogP) is 9.11. The number of imidazole rings is 1. The number of nitrogens with zero attached hydrogens (tertiary/aromatic N) is 4. The Labute approximate surface area is 245 Å². The molecule has 0 saturated carbocycles. The van der Waals surface area contributed by atoms with Crippen molar-refractivity contribution in [1.29, 1.82) is 0 Å². The van der Waals surface area contributed by atoms with E-state index in [1.54, 1.807) is 0 Å². The number of alkyl halides is 3. The maximum atomic E-state index is 13.7. The Bertz CT molecular complexity index is 1880. The topological polar surface area (TPSA) is 60.8 Å². The summed E-state index contributed by atoms with van der Waals surface area (Å²) < 4.78 is 53.8. The zero-order valence-electron chi connectivity index (χ0n) is 23.5. The minimum atomic E-state index is -4.43. The number of unbranched alkanes of at least 4 members (excludes halogenated alkanes) is 1. The Morgan fingerprint density at radius 3 is 2.52 bits per heavy atom. The second kappa shape index (κ2) is 11.2. The molecule has 0 amide bonds. The van der Waals surface area contributed by atoms with Crippen LogP contribution in [0.2, 0.25) is 0 Å². The van der Waals surface area contributed by atoms with Crippen LogP contribution in [-0.4, -0.2) is 19.3 Å². The molecule has 6 nitrogen and oxygen atoms in total. The maximum Gasteiger partial charge on any atom is 0.416 e. The Morgan fingerprint density at radius 1 is 0.976 bits per heavy atom. The summed E-state index contributed by atoms with van der Waals surface area (Å²) in [6, 6.07) is 20.0. The van der Waals surface area contributed by atoms with Crippen LogP contribution in [0.25, 0.3) is 27.6 Å². The highest BCUT2D eigenvalue weighted by atomic mass is 32.2. The van der Waals surface area contributed by atoms with Crippen molar-refractivity contribution >= 4 is 39.8 Å². The van der Waals surface area contributed by atoms with E-state index in [1.165, 1.54) is 24.1 Å². The lowest BCUT2D eigenvalue weighted by molar-refractivity contribution is -0.137. The third kappa shape index (κ3) is 5.27. The minimum absolute atomic E-state index is 0.397. The number of halogens is 3. The number of hydrogen-bond donors (Lipinski definition) is 1. The molecule has 216 valence electrons. The van der Waals surface area contributed by atoms with Gasteiger partial charge in [-0.1, -0.05) is 48.8 Å². The summed E-state index contributed by atoms with van der Waals surface area (Å²) in [5.41, 5.74) is 5.14. The lowest BCUT2D eigenvalue weighted by atomic mass is 10.1. The molecule has 0 fully saturated rings. The van der Waals surface area contributed by atoms with Gasteiger partial charge in [0.25, 0.3) is 0 Å². The van der Waals surface area contributed by atoms with E-state index in [1.807, 2.05) is 54.8 Å². The second-order valence-electron chi connectivity index (χ2n) is 10.4. The zero-order valence-corrected chi connectivity index (χ0v) is 24.3. The van der Waals surface area contributed by atoms with Gasteiger partial charge < -0.3 is 13.7 Å². The van der Waals surface area contributed by atoms with Gasteiger partial charge in [0.1, 0.15) is 5.82 Å². The summed E-state index contributed by atoms with van der Waals surface area (Å²) in [5.74, 6) is 1.40. The first kappa shape index (κ1) is 28.0. The fourth-order valence-corrected chi connectivity index (χ4v) is 5.96. The molecule has 6 aromatic rings. The molecule has 3 aromatic carbocycles. The van der Waals surface area contributed by atoms with E-state index in [0.29, 0.717) is 29.9 Å². The first-order valence-electron chi connectivity index (χ1n) is 13.8. The molecular formula is C32H30F3N5OS. The molecule has 0 bridgehead atoms. The number of para-hydroxylation sites is 2. The fraction of sp³-hybridized carbons (Fsp3) is 0.250. The zero-order chi connectivity index (χ0) is 29.4. The third-order valence-electron chi connectivity index (χ3n) is 7.57. The monoisotopic (exact) mass is 589 g/mol.